The monoisotopic (exact) mass is 283 g/mol. The molecule has 20 heavy (non-hydrogen) atoms. The first-order chi connectivity index (χ1) is 9.52. The largest absolute Gasteiger partial charge is 0.395 e. The van der Waals surface area contributed by atoms with Gasteiger partial charge in [0.05, 0.1) is 6.61 Å². The van der Waals surface area contributed by atoms with Gasteiger partial charge in [-0.25, -0.2) is 0 Å². The van der Waals surface area contributed by atoms with Crippen LogP contribution < -0.4 is 5.73 Å². The highest BCUT2D eigenvalue weighted by Crippen LogP contribution is 2.26. The van der Waals surface area contributed by atoms with Gasteiger partial charge >= 0.3 is 0 Å². The SMILES string of the molecule is CC(C)CC(N)C(CO)N1CC2CCCCN2CC1C. The van der Waals surface area contributed by atoms with Gasteiger partial charge in [-0.05, 0) is 38.6 Å². The van der Waals surface area contributed by atoms with Crippen LogP contribution in [0.1, 0.15) is 46.5 Å². The lowest BCUT2D eigenvalue weighted by Gasteiger charge is -2.50. The third-order valence-electron chi connectivity index (χ3n) is 5.09. The van der Waals surface area contributed by atoms with Crippen molar-refractivity contribution < 1.29 is 5.11 Å². The van der Waals surface area contributed by atoms with Crippen LogP contribution in [0.25, 0.3) is 0 Å². The van der Waals surface area contributed by atoms with Crippen molar-refractivity contribution in [3.05, 3.63) is 0 Å². The normalized spacial score (nSPS) is 32.1. The van der Waals surface area contributed by atoms with E-state index >= 15 is 0 Å². The molecule has 2 fully saturated rings. The molecule has 0 aromatic rings. The number of hydrogen-bond acceptors (Lipinski definition) is 4. The molecule has 2 aliphatic rings. The Morgan fingerprint density at radius 2 is 2.00 bits per heavy atom. The van der Waals surface area contributed by atoms with E-state index in [1.54, 1.807) is 0 Å². The van der Waals surface area contributed by atoms with Crippen LogP contribution in [-0.4, -0.2) is 65.3 Å². The molecule has 4 nitrogen and oxygen atoms in total. The summed E-state index contributed by atoms with van der Waals surface area (Å²) in [6.07, 6.45) is 4.99. The minimum absolute atomic E-state index is 0.0811. The van der Waals surface area contributed by atoms with Crippen LogP contribution in [0, 0.1) is 5.92 Å². The Hall–Kier alpha value is -0.160. The number of piperazine rings is 1. The van der Waals surface area contributed by atoms with Crippen molar-refractivity contribution >= 4 is 0 Å². The van der Waals surface area contributed by atoms with Gasteiger partial charge in [0, 0.05) is 37.3 Å². The Morgan fingerprint density at radius 3 is 2.65 bits per heavy atom. The zero-order valence-electron chi connectivity index (χ0n) is 13.5. The lowest BCUT2D eigenvalue weighted by molar-refractivity contribution is -0.0285. The van der Waals surface area contributed by atoms with Crippen LogP contribution in [0.2, 0.25) is 0 Å². The molecule has 0 saturated carbocycles. The first kappa shape index (κ1) is 16.2. The van der Waals surface area contributed by atoms with Crippen molar-refractivity contribution in [3.63, 3.8) is 0 Å². The summed E-state index contributed by atoms with van der Waals surface area (Å²) < 4.78 is 0. The van der Waals surface area contributed by atoms with Crippen molar-refractivity contribution in [1.29, 1.82) is 0 Å². The van der Waals surface area contributed by atoms with Crippen molar-refractivity contribution in [2.75, 3.05) is 26.2 Å². The highest BCUT2D eigenvalue weighted by molar-refractivity contribution is 4.94. The molecular formula is C16H33N3O. The molecule has 4 atom stereocenters. The quantitative estimate of drug-likeness (QED) is 0.798. The Morgan fingerprint density at radius 1 is 1.25 bits per heavy atom. The fourth-order valence-electron chi connectivity index (χ4n) is 4.02. The van der Waals surface area contributed by atoms with Gasteiger partial charge in [0.15, 0.2) is 0 Å². The molecule has 0 aromatic carbocycles. The number of rotatable bonds is 5. The van der Waals surface area contributed by atoms with Crippen molar-refractivity contribution in [2.24, 2.45) is 11.7 Å². The van der Waals surface area contributed by atoms with Crippen LogP contribution >= 0.6 is 0 Å². The highest BCUT2D eigenvalue weighted by atomic mass is 16.3. The van der Waals surface area contributed by atoms with E-state index < -0.39 is 0 Å². The minimum atomic E-state index is 0.0811. The number of piperidine rings is 1. The molecule has 4 heteroatoms. The van der Waals surface area contributed by atoms with E-state index in [0.717, 1.165) is 19.5 Å². The van der Waals surface area contributed by atoms with Gasteiger partial charge in [-0.1, -0.05) is 20.3 Å². The second kappa shape index (κ2) is 7.21. The molecule has 4 unspecified atom stereocenters. The topological polar surface area (TPSA) is 52.7 Å². The second-order valence-electron chi connectivity index (χ2n) is 7.23. The molecule has 0 aliphatic carbocycles. The average molecular weight is 283 g/mol. The maximum Gasteiger partial charge on any atom is 0.0602 e. The van der Waals surface area contributed by atoms with Crippen LogP contribution in [-0.2, 0) is 0 Å². The molecule has 0 spiro atoms. The zero-order valence-corrected chi connectivity index (χ0v) is 13.5. The van der Waals surface area contributed by atoms with Crippen LogP contribution in [0.4, 0.5) is 0 Å². The smallest absolute Gasteiger partial charge is 0.0602 e. The Labute approximate surface area is 124 Å². The van der Waals surface area contributed by atoms with E-state index in [4.69, 9.17) is 5.73 Å². The molecule has 2 rings (SSSR count). The van der Waals surface area contributed by atoms with E-state index in [-0.39, 0.29) is 18.7 Å². The maximum absolute atomic E-state index is 9.84. The molecule has 2 aliphatic heterocycles. The summed E-state index contributed by atoms with van der Waals surface area (Å²) in [4.78, 5) is 5.13. The van der Waals surface area contributed by atoms with E-state index in [9.17, 15) is 5.11 Å². The number of hydrogen-bond donors (Lipinski definition) is 2. The van der Waals surface area contributed by atoms with E-state index in [0.29, 0.717) is 18.0 Å². The summed E-state index contributed by atoms with van der Waals surface area (Å²) in [5, 5.41) is 9.84. The summed E-state index contributed by atoms with van der Waals surface area (Å²) in [5.74, 6) is 0.588. The number of nitrogens with zero attached hydrogens (tertiary/aromatic N) is 2. The average Bonchev–Trinajstić information content (AvgIpc) is 2.39. The van der Waals surface area contributed by atoms with Gasteiger partial charge in [0.2, 0.25) is 0 Å². The molecule has 2 saturated heterocycles. The summed E-state index contributed by atoms with van der Waals surface area (Å²) in [5.41, 5.74) is 6.38. The number of nitrogens with two attached hydrogens (primary N) is 1. The van der Waals surface area contributed by atoms with Gasteiger partial charge < -0.3 is 10.8 Å². The first-order valence-corrected chi connectivity index (χ1v) is 8.39. The molecule has 2 heterocycles. The second-order valence-corrected chi connectivity index (χ2v) is 7.23. The number of aliphatic hydroxyl groups is 1. The fraction of sp³-hybridized carbons (Fsp3) is 1.00. The van der Waals surface area contributed by atoms with Gasteiger partial charge in [-0.3, -0.25) is 9.80 Å². The van der Waals surface area contributed by atoms with Crippen LogP contribution in [0.3, 0.4) is 0 Å². The van der Waals surface area contributed by atoms with Crippen LogP contribution in [0.15, 0.2) is 0 Å². The maximum atomic E-state index is 9.84. The van der Waals surface area contributed by atoms with Crippen molar-refractivity contribution in [1.82, 2.24) is 9.80 Å². The zero-order chi connectivity index (χ0) is 14.7. The minimum Gasteiger partial charge on any atom is -0.395 e. The molecular weight excluding hydrogens is 250 g/mol. The standard InChI is InChI=1S/C16H33N3O/c1-12(2)8-15(17)16(11-20)19-10-14-6-4-5-7-18(14)9-13(19)3/h12-16,20H,4-11,17H2,1-3H3. The lowest BCUT2D eigenvalue weighted by atomic mass is 9.92. The van der Waals surface area contributed by atoms with E-state index in [1.807, 2.05) is 0 Å². The van der Waals surface area contributed by atoms with Crippen molar-refractivity contribution in [2.45, 2.75) is 70.6 Å². The molecule has 0 amide bonds. The Kier molecular flexibility index (Phi) is 5.84. The van der Waals surface area contributed by atoms with Gasteiger partial charge in [0.1, 0.15) is 0 Å². The number of fused-ring (bicyclic) bond motifs is 1. The summed E-state index contributed by atoms with van der Waals surface area (Å²) in [6.45, 7) is 10.4. The Bertz CT molecular complexity index is 297. The Balaban J connectivity index is 2.01. The summed E-state index contributed by atoms with van der Waals surface area (Å²) in [6, 6.07) is 1.38. The molecule has 3 N–H and O–H groups in total. The van der Waals surface area contributed by atoms with E-state index in [2.05, 4.69) is 30.6 Å². The number of aliphatic hydroxyl groups excluding tert-OH is 1. The van der Waals surface area contributed by atoms with Crippen molar-refractivity contribution in [3.8, 4) is 0 Å². The molecule has 118 valence electrons. The highest BCUT2D eigenvalue weighted by Gasteiger charge is 2.37. The van der Waals surface area contributed by atoms with Gasteiger partial charge in [-0.15, -0.1) is 0 Å². The third kappa shape index (κ3) is 3.73. The van der Waals surface area contributed by atoms with Crippen LogP contribution in [0.5, 0.6) is 0 Å². The van der Waals surface area contributed by atoms with E-state index in [1.165, 1.54) is 25.8 Å². The predicted octanol–water partition coefficient (Wildman–Crippen LogP) is 1.28. The molecule has 0 radical (unpaired) electrons. The lowest BCUT2D eigenvalue weighted by Crippen LogP contribution is -2.64. The predicted molar refractivity (Wildman–Crippen MR) is 83.7 cm³/mol. The first-order valence-electron chi connectivity index (χ1n) is 8.39. The van der Waals surface area contributed by atoms with Gasteiger partial charge in [-0.2, -0.15) is 0 Å². The summed E-state index contributed by atoms with van der Waals surface area (Å²) in [7, 11) is 0. The third-order valence-corrected chi connectivity index (χ3v) is 5.09. The fourth-order valence-corrected chi connectivity index (χ4v) is 4.02. The molecule has 0 aromatic heterocycles. The summed E-state index contributed by atoms with van der Waals surface area (Å²) >= 11 is 0. The molecule has 0 bridgehead atoms. The van der Waals surface area contributed by atoms with Gasteiger partial charge in [0.25, 0.3) is 0 Å².